The Hall–Kier alpha value is -2.70. The zero-order valence-electron chi connectivity index (χ0n) is 15.8. The van der Waals surface area contributed by atoms with Crippen molar-refractivity contribution in [2.24, 2.45) is 0 Å². The molecular formula is C23H27N3. The minimum atomic E-state index is 0.490. The second-order valence-corrected chi connectivity index (χ2v) is 6.72. The van der Waals surface area contributed by atoms with Gasteiger partial charge < -0.3 is 15.2 Å². The van der Waals surface area contributed by atoms with Crippen molar-refractivity contribution in [2.75, 3.05) is 11.9 Å². The molecule has 0 aliphatic heterocycles. The van der Waals surface area contributed by atoms with Crippen molar-refractivity contribution < 1.29 is 0 Å². The first-order valence-corrected chi connectivity index (χ1v) is 9.30. The summed E-state index contributed by atoms with van der Waals surface area (Å²) in [5.74, 6) is 6.57. The first-order valence-electron chi connectivity index (χ1n) is 9.30. The maximum atomic E-state index is 3.48. The number of hydrogen-bond acceptors (Lipinski definition) is 2. The minimum absolute atomic E-state index is 0.490. The third-order valence-corrected chi connectivity index (χ3v) is 4.37. The lowest BCUT2D eigenvalue weighted by Crippen LogP contribution is -2.21. The van der Waals surface area contributed by atoms with Crippen LogP contribution in [0.15, 0.2) is 54.6 Å². The Morgan fingerprint density at radius 3 is 2.58 bits per heavy atom. The summed E-state index contributed by atoms with van der Waals surface area (Å²) in [6.07, 6.45) is 0. The molecule has 0 aliphatic carbocycles. The van der Waals surface area contributed by atoms with Gasteiger partial charge in [-0.05, 0) is 48.7 Å². The van der Waals surface area contributed by atoms with Gasteiger partial charge in [-0.2, -0.15) is 0 Å². The van der Waals surface area contributed by atoms with Crippen LogP contribution in [-0.4, -0.2) is 17.2 Å². The molecule has 0 fully saturated rings. The summed E-state index contributed by atoms with van der Waals surface area (Å²) in [7, 11) is 0. The number of benzene rings is 2. The van der Waals surface area contributed by atoms with E-state index in [0.717, 1.165) is 24.5 Å². The molecule has 3 nitrogen and oxygen atoms in total. The molecule has 3 heteroatoms. The van der Waals surface area contributed by atoms with Crippen LogP contribution in [0.1, 0.15) is 32.0 Å². The van der Waals surface area contributed by atoms with Gasteiger partial charge in [-0.15, -0.1) is 0 Å². The van der Waals surface area contributed by atoms with Crippen LogP contribution < -0.4 is 10.6 Å². The smallest absolute Gasteiger partial charge is 0.0931 e. The highest BCUT2D eigenvalue weighted by Gasteiger charge is 2.07. The molecule has 3 aromatic rings. The van der Waals surface area contributed by atoms with E-state index < -0.39 is 0 Å². The molecule has 134 valence electrons. The van der Waals surface area contributed by atoms with Gasteiger partial charge in [0, 0.05) is 35.7 Å². The molecule has 0 radical (unpaired) electrons. The van der Waals surface area contributed by atoms with Crippen molar-refractivity contribution in [1.29, 1.82) is 0 Å². The molecule has 0 spiro atoms. The lowest BCUT2D eigenvalue weighted by atomic mass is 10.1. The van der Waals surface area contributed by atoms with Crippen LogP contribution in [0.5, 0.6) is 0 Å². The largest absolute Gasteiger partial charge is 0.374 e. The van der Waals surface area contributed by atoms with Crippen LogP contribution in [0, 0.1) is 11.8 Å². The summed E-state index contributed by atoms with van der Waals surface area (Å²) in [4.78, 5) is 0. The normalized spacial score (nSPS) is 10.8. The molecule has 3 rings (SSSR count). The third-order valence-electron chi connectivity index (χ3n) is 4.37. The van der Waals surface area contributed by atoms with Gasteiger partial charge in [0.05, 0.1) is 12.2 Å². The van der Waals surface area contributed by atoms with Gasteiger partial charge in [0.25, 0.3) is 0 Å². The van der Waals surface area contributed by atoms with Gasteiger partial charge in [-0.1, -0.05) is 44.0 Å². The molecule has 26 heavy (non-hydrogen) atoms. The summed E-state index contributed by atoms with van der Waals surface area (Å²) >= 11 is 0. The molecule has 0 amide bonds. The summed E-state index contributed by atoms with van der Waals surface area (Å²) < 4.78 is 2.28. The number of nitrogens with zero attached hydrogens (tertiary/aromatic N) is 1. The molecule has 1 heterocycles. The number of fused-ring (bicyclic) bond motifs is 1. The second kappa shape index (κ2) is 8.60. The predicted molar refractivity (Wildman–Crippen MR) is 111 cm³/mol. The fourth-order valence-corrected chi connectivity index (χ4v) is 3.03. The molecule has 2 N–H and O–H groups in total. The van der Waals surface area contributed by atoms with Crippen molar-refractivity contribution in [3.63, 3.8) is 0 Å². The van der Waals surface area contributed by atoms with E-state index in [1.54, 1.807) is 0 Å². The molecular weight excluding hydrogens is 318 g/mol. The Morgan fingerprint density at radius 2 is 1.85 bits per heavy atom. The number of anilines is 1. The Kier molecular flexibility index (Phi) is 5.99. The molecule has 0 bridgehead atoms. The van der Waals surface area contributed by atoms with Gasteiger partial charge in [0.1, 0.15) is 0 Å². The van der Waals surface area contributed by atoms with Crippen LogP contribution in [0.2, 0.25) is 0 Å². The van der Waals surface area contributed by atoms with Crippen LogP contribution in [-0.2, 0) is 13.1 Å². The van der Waals surface area contributed by atoms with Crippen LogP contribution in [0.3, 0.4) is 0 Å². The third kappa shape index (κ3) is 4.47. The van der Waals surface area contributed by atoms with Gasteiger partial charge in [0.15, 0.2) is 0 Å². The average molecular weight is 345 g/mol. The maximum Gasteiger partial charge on any atom is 0.0931 e. The summed E-state index contributed by atoms with van der Waals surface area (Å²) in [6.45, 7) is 8.96. The minimum Gasteiger partial charge on any atom is -0.374 e. The zero-order valence-corrected chi connectivity index (χ0v) is 15.8. The van der Waals surface area contributed by atoms with E-state index in [4.69, 9.17) is 0 Å². The number of para-hydroxylation sites is 1. The topological polar surface area (TPSA) is 29.0 Å². The first-order chi connectivity index (χ1) is 12.7. The standard InChI is InChI=1S/C23H27N3/c1-4-26-22(11-8-14-24-21-9-6-5-7-10-21)16-20-15-19(12-13-23(20)26)17-25-18(2)3/h5-7,9-10,12-13,15-16,18,24-25H,4,14,17H2,1-3H3. The molecule has 1 aromatic heterocycles. The van der Waals surface area contributed by atoms with E-state index in [0.29, 0.717) is 12.6 Å². The Balaban J connectivity index is 1.76. The fraction of sp³-hybridized carbons (Fsp3) is 0.304. The van der Waals surface area contributed by atoms with Gasteiger partial charge in [-0.3, -0.25) is 0 Å². The van der Waals surface area contributed by atoms with E-state index in [1.165, 1.54) is 16.5 Å². The SMILES string of the molecule is CCn1c(C#CCNc2ccccc2)cc2cc(CNC(C)C)ccc21. The molecule has 0 unspecified atom stereocenters. The predicted octanol–water partition coefficient (Wildman–Crippen LogP) is 4.62. The molecule has 2 aromatic carbocycles. The average Bonchev–Trinajstić information content (AvgIpc) is 3.01. The van der Waals surface area contributed by atoms with Crippen molar-refractivity contribution >= 4 is 16.6 Å². The lowest BCUT2D eigenvalue weighted by molar-refractivity contribution is 0.589. The van der Waals surface area contributed by atoms with E-state index in [9.17, 15) is 0 Å². The highest BCUT2D eigenvalue weighted by Crippen LogP contribution is 2.21. The Morgan fingerprint density at radius 1 is 1.04 bits per heavy atom. The summed E-state index contributed by atoms with van der Waals surface area (Å²) in [5.41, 5.74) is 4.73. The quantitative estimate of drug-likeness (QED) is 0.638. The monoisotopic (exact) mass is 345 g/mol. The van der Waals surface area contributed by atoms with Gasteiger partial charge in [-0.25, -0.2) is 0 Å². The summed E-state index contributed by atoms with van der Waals surface area (Å²) in [6, 6.07) is 19.5. The van der Waals surface area contributed by atoms with Gasteiger partial charge in [0.2, 0.25) is 0 Å². The Bertz CT molecular complexity index is 911. The highest BCUT2D eigenvalue weighted by atomic mass is 15.0. The van der Waals surface area contributed by atoms with Crippen molar-refractivity contribution in [1.82, 2.24) is 9.88 Å². The van der Waals surface area contributed by atoms with Crippen molar-refractivity contribution in [3.8, 4) is 11.8 Å². The number of hydrogen-bond donors (Lipinski definition) is 2. The highest BCUT2D eigenvalue weighted by molar-refractivity contribution is 5.83. The van der Waals surface area contributed by atoms with Crippen molar-refractivity contribution in [2.45, 2.75) is 39.9 Å². The van der Waals surface area contributed by atoms with Crippen LogP contribution in [0.25, 0.3) is 10.9 Å². The maximum absolute atomic E-state index is 3.48. The van der Waals surface area contributed by atoms with E-state index in [2.05, 4.69) is 84.2 Å². The van der Waals surface area contributed by atoms with E-state index in [1.807, 2.05) is 18.2 Å². The number of rotatable bonds is 6. The fourth-order valence-electron chi connectivity index (χ4n) is 3.03. The number of aryl methyl sites for hydroxylation is 1. The number of aromatic nitrogens is 1. The summed E-state index contributed by atoms with van der Waals surface area (Å²) in [5, 5.41) is 8.07. The second-order valence-electron chi connectivity index (χ2n) is 6.72. The Labute approximate surface area is 156 Å². The van der Waals surface area contributed by atoms with Crippen LogP contribution in [0.4, 0.5) is 5.69 Å². The molecule has 0 aliphatic rings. The van der Waals surface area contributed by atoms with Crippen LogP contribution >= 0.6 is 0 Å². The van der Waals surface area contributed by atoms with Gasteiger partial charge >= 0.3 is 0 Å². The zero-order chi connectivity index (χ0) is 18.4. The van der Waals surface area contributed by atoms with E-state index in [-0.39, 0.29) is 0 Å². The molecule has 0 saturated heterocycles. The van der Waals surface area contributed by atoms with E-state index >= 15 is 0 Å². The van der Waals surface area contributed by atoms with Crippen molar-refractivity contribution in [3.05, 3.63) is 65.9 Å². The lowest BCUT2D eigenvalue weighted by Gasteiger charge is -2.08. The number of nitrogens with one attached hydrogen (secondary N) is 2. The molecule has 0 atom stereocenters. The first kappa shape index (κ1) is 18.1. The molecule has 0 saturated carbocycles.